The average molecular weight is 248 g/mol. The van der Waals surface area contributed by atoms with E-state index < -0.39 is 11.6 Å². The van der Waals surface area contributed by atoms with Gasteiger partial charge in [0.05, 0.1) is 11.7 Å². The summed E-state index contributed by atoms with van der Waals surface area (Å²) in [6.45, 7) is 2.62. The number of nitrogens with one attached hydrogen (secondary N) is 1. The molecule has 94 valence electrons. The van der Waals surface area contributed by atoms with E-state index in [2.05, 4.69) is 10.3 Å². The lowest BCUT2D eigenvalue weighted by molar-refractivity contribution is 0.562. The number of hydrogen-bond acceptors (Lipinski definition) is 2. The maximum Gasteiger partial charge on any atom is 0.126 e. The molecule has 0 saturated heterocycles. The lowest BCUT2D eigenvalue weighted by Gasteiger charge is -2.18. The van der Waals surface area contributed by atoms with Gasteiger partial charge in [-0.05, 0) is 36.4 Å². The van der Waals surface area contributed by atoms with Gasteiger partial charge in [0.1, 0.15) is 11.6 Å². The molecule has 2 nitrogen and oxygen atoms in total. The summed E-state index contributed by atoms with van der Waals surface area (Å²) in [7, 11) is 0. The van der Waals surface area contributed by atoms with E-state index in [0.29, 0.717) is 12.1 Å². The molecule has 1 unspecified atom stereocenters. The van der Waals surface area contributed by atoms with Crippen molar-refractivity contribution in [3.63, 3.8) is 0 Å². The van der Waals surface area contributed by atoms with Crippen LogP contribution in [0.3, 0.4) is 0 Å². The maximum absolute atomic E-state index is 13.3. The number of pyridine rings is 1. The molecule has 0 aliphatic heterocycles. The summed E-state index contributed by atoms with van der Waals surface area (Å²) < 4.78 is 26.5. The molecule has 0 radical (unpaired) electrons. The highest BCUT2D eigenvalue weighted by Gasteiger charge is 2.15. The standard InChI is InChI=1S/C14H14F2N2/c1-2-17-14(13-5-3-4-6-18-13)10-7-11(15)9-12(16)8-10/h3-9,14,17H,2H2,1H3. The van der Waals surface area contributed by atoms with E-state index in [1.54, 1.807) is 12.3 Å². The van der Waals surface area contributed by atoms with Gasteiger partial charge < -0.3 is 5.32 Å². The van der Waals surface area contributed by atoms with Crippen LogP contribution < -0.4 is 5.32 Å². The molecular weight excluding hydrogens is 234 g/mol. The number of benzene rings is 1. The quantitative estimate of drug-likeness (QED) is 0.899. The molecule has 0 bridgehead atoms. The third-order valence-electron chi connectivity index (χ3n) is 2.61. The van der Waals surface area contributed by atoms with Crippen molar-refractivity contribution >= 4 is 0 Å². The van der Waals surface area contributed by atoms with Gasteiger partial charge >= 0.3 is 0 Å². The predicted molar refractivity (Wildman–Crippen MR) is 66.1 cm³/mol. The second-order valence-corrected chi connectivity index (χ2v) is 3.95. The zero-order chi connectivity index (χ0) is 13.0. The fourth-order valence-corrected chi connectivity index (χ4v) is 1.89. The Morgan fingerprint density at radius 2 is 1.89 bits per heavy atom. The Bertz CT molecular complexity index is 494. The Labute approximate surface area is 105 Å². The zero-order valence-corrected chi connectivity index (χ0v) is 10.0. The molecule has 0 amide bonds. The minimum absolute atomic E-state index is 0.304. The van der Waals surface area contributed by atoms with Gasteiger partial charge in [0.25, 0.3) is 0 Å². The van der Waals surface area contributed by atoms with Gasteiger partial charge in [-0.25, -0.2) is 8.78 Å². The number of aromatic nitrogens is 1. The van der Waals surface area contributed by atoms with Gasteiger partial charge in [-0.3, -0.25) is 4.98 Å². The van der Waals surface area contributed by atoms with E-state index in [1.807, 2.05) is 19.1 Å². The summed E-state index contributed by atoms with van der Waals surface area (Å²) in [5.41, 5.74) is 1.28. The summed E-state index contributed by atoms with van der Waals surface area (Å²) >= 11 is 0. The first-order valence-electron chi connectivity index (χ1n) is 5.81. The molecule has 18 heavy (non-hydrogen) atoms. The first-order chi connectivity index (χ1) is 8.70. The van der Waals surface area contributed by atoms with Crippen LogP contribution in [0.2, 0.25) is 0 Å². The van der Waals surface area contributed by atoms with Crippen molar-refractivity contribution in [2.24, 2.45) is 0 Å². The molecule has 2 aromatic rings. The highest BCUT2D eigenvalue weighted by atomic mass is 19.1. The monoisotopic (exact) mass is 248 g/mol. The minimum atomic E-state index is -0.580. The molecule has 1 heterocycles. The molecule has 1 aromatic heterocycles. The third kappa shape index (κ3) is 2.90. The summed E-state index contributed by atoms with van der Waals surface area (Å²) in [5, 5.41) is 3.17. The van der Waals surface area contributed by atoms with Gasteiger partial charge in [0.2, 0.25) is 0 Å². The van der Waals surface area contributed by atoms with Gasteiger partial charge in [0.15, 0.2) is 0 Å². The number of nitrogens with zero attached hydrogens (tertiary/aromatic N) is 1. The van der Waals surface area contributed by atoms with Crippen LogP contribution in [0.5, 0.6) is 0 Å². The Hall–Kier alpha value is -1.81. The molecule has 1 aromatic carbocycles. The minimum Gasteiger partial charge on any atom is -0.305 e. The fourth-order valence-electron chi connectivity index (χ4n) is 1.89. The highest BCUT2D eigenvalue weighted by Crippen LogP contribution is 2.21. The molecule has 0 aliphatic carbocycles. The van der Waals surface area contributed by atoms with E-state index in [9.17, 15) is 8.78 Å². The number of rotatable bonds is 4. The van der Waals surface area contributed by atoms with E-state index in [-0.39, 0.29) is 6.04 Å². The van der Waals surface area contributed by atoms with Crippen molar-refractivity contribution < 1.29 is 8.78 Å². The lowest BCUT2D eigenvalue weighted by atomic mass is 10.0. The van der Waals surface area contributed by atoms with Gasteiger partial charge in [-0.2, -0.15) is 0 Å². The van der Waals surface area contributed by atoms with Crippen LogP contribution in [-0.4, -0.2) is 11.5 Å². The molecule has 0 aliphatic rings. The predicted octanol–water partition coefficient (Wildman–Crippen LogP) is 3.06. The number of halogens is 2. The molecule has 2 rings (SSSR count). The van der Waals surface area contributed by atoms with E-state index in [0.717, 1.165) is 11.8 Å². The summed E-state index contributed by atoms with van der Waals surface area (Å²) in [4.78, 5) is 4.23. The first kappa shape index (κ1) is 12.6. The molecule has 4 heteroatoms. The van der Waals surface area contributed by atoms with Crippen molar-refractivity contribution in [2.75, 3.05) is 6.54 Å². The largest absolute Gasteiger partial charge is 0.305 e. The van der Waals surface area contributed by atoms with Crippen LogP contribution >= 0.6 is 0 Å². The molecule has 0 fully saturated rings. The number of hydrogen-bond donors (Lipinski definition) is 1. The van der Waals surface area contributed by atoms with Crippen LogP contribution in [0.1, 0.15) is 24.2 Å². The summed E-state index contributed by atoms with van der Waals surface area (Å²) in [6, 6.07) is 8.69. The average Bonchev–Trinajstić information content (AvgIpc) is 2.36. The van der Waals surface area contributed by atoms with Crippen molar-refractivity contribution in [1.29, 1.82) is 0 Å². The third-order valence-corrected chi connectivity index (χ3v) is 2.61. The van der Waals surface area contributed by atoms with Gasteiger partial charge in [-0.15, -0.1) is 0 Å². The molecule has 0 saturated carbocycles. The van der Waals surface area contributed by atoms with Gasteiger partial charge in [-0.1, -0.05) is 13.0 Å². The van der Waals surface area contributed by atoms with Crippen molar-refractivity contribution in [3.8, 4) is 0 Å². The van der Waals surface area contributed by atoms with E-state index >= 15 is 0 Å². The molecular formula is C14H14F2N2. The molecule has 1 N–H and O–H groups in total. The lowest BCUT2D eigenvalue weighted by Crippen LogP contribution is -2.23. The second-order valence-electron chi connectivity index (χ2n) is 3.95. The van der Waals surface area contributed by atoms with Crippen LogP contribution in [0, 0.1) is 11.6 Å². The van der Waals surface area contributed by atoms with Crippen LogP contribution in [0.25, 0.3) is 0 Å². The highest BCUT2D eigenvalue weighted by molar-refractivity contribution is 5.28. The summed E-state index contributed by atoms with van der Waals surface area (Å²) in [5.74, 6) is -1.16. The Balaban J connectivity index is 2.41. The zero-order valence-electron chi connectivity index (χ0n) is 10.0. The molecule has 1 atom stereocenters. The Morgan fingerprint density at radius 3 is 2.44 bits per heavy atom. The van der Waals surface area contributed by atoms with Crippen molar-refractivity contribution in [3.05, 3.63) is 65.5 Å². The van der Waals surface area contributed by atoms with Crippen molar-refractivity contribution in [1.82, 2.24) is 10.3 Å². The Kier molecular flexibility index (Phi) is 3.99. The van der Waals surface area contributed by atoms with E-state index in [4.69, 9.17) is 0 Å². The normalized spacial score (nSPS) is 12.4. The SMILES string of the molecule is CCNC(c1cc(F)cc(F)c1)c1ccccn1. The fraction of sp³-hybridized carbons (Fsp3) is 0.214. The van der Waals surface area contributed by atoms with Gasteiger partial charge in [0, 0.05) is 12.3 Å². The van der Waals surface area contributed by atoms with Crippen LogP contribution in [0.15, 0.2) is 42.6 Å². The Morgan fingerprint density at radius 1 is 1.17 bits per heavy atom. The first-order valence-corrected chi connectivity index (χ1v) is 5.81. The topological polar surface area (TPSA) is 24.9 Å². The second kappa shape index (κ2) is 5.69. The maximum atomic E-state index is 13.3. The van der Waals surface area contributed by atoms with Crippen LogP contribution in [0.4, 0.5) is 8.78 Å². The molecule has 0 spiro atoms. The smallest absolute Gasteiger partial charge is 0.126 e. The van der Waals surface area contributed by atoms with Crippen LogP contribution in [-0.2, 0) is 0 Å². The summed E-state index contributed by atoms with van der Waals surface area (Å²) in [6.07, 6.45) is 1.66. The van der Waals surface area contributed by atoms with E-state index in [1.165, 1.54) is 12.1 Å². The van der Waals surface area contributed by atoms with Crippen molar-refractivity contribution in [2.45, 2.75) is 13.0 Å².